The van der Waals surface area contributed by atoms with Gasteiger partial charge in [-0.2, -0.15) is 0 Å². The quantitative estimate of drug-likeness (QED) is 0.489. The van der Waals surface area contributed by atoms with E-state index in [-0.39, 0.29) is 18.0 Å². The molecule has 4 heterocycles. The van der Waals surface area contributed by atoms with Crippen molar-refractivity contribution in [3.63, 3.8) is 0 Å². The number of hydrogen-bond donors (Lipinski definition) is 0. The van der Waals surface area contributed by atoms with E-state index in [1.807, 2.05) is 12.1 Å². The zero-order chi connectivity index (χ0) is 23.2. The molecule has 0 N–H and O–H groups in total. The maximum atomic E-state index is 13.2. The molecule has 4 rings (SSSR count). The molecule has 1 aliphatic rings. The Labute approximate surface area is 190 Å². The molecule has 0 radical (unpaired) electrons. The molecule has 3 aromatic heterocycles. The van der Waals surface area contributed by atoms with Crippen molar-refractivity contribution >= 4 is 23.0 Å². The number of aryl methyl sites for hydroxylation is 1. The van der Waals surface area contributed by atoms with E-state index in [2.05, 4.69) is 15.0 Å². The summed E-state index contributed by atoms with van der Waals surface area (Å²) in [4.78, 5) is 55.0. The molecule has 10 heteroatoms. The second-order valence-electron chi connectivity index (χ2n) is 7.78. The summed E-state index contributed by atoms with van der Waals surface area (Å²) in [5.41, 5.74) is 1.06. The highest BCUT2D eigenvalue weighted by molar-refractivity contribution is 5.93. The highest BCUT2D eigenvalue weighted by Crippen LogP contribution is 2.11. The number of ether oxygens (including phenoxy) is 1. The third-order valence-electron chi connectivity index (χ3n) is 5.61. The summed E-state index contributed by atoms with van der Waals surface area (Å²) in [5, 5.41) is 0. The Morgan fingerprint density at radius 2 is 1.76 bits per heavy atom. The van der Waals surface area contributed by atoms with Crippen LogP contribution in [0.4, 0.5) is 0 Å². The lowest BCUT2D eigenvalue weighted by molar-refractivity contribution is -0.132. The molecular formula is C23H26N6O4. The van der Waals surface area contributed by atoms with E-state index in [4.69, 9.17) is 4.74 Å². The molecule has 2 amide bonds. The minimum atomic E-state index is -0.462. The fourth-order valence-electron chi connectivity index (χ4n) is 3.87. The number of piperazine rings is 1. The summed E-state index contributed by atoms with van der Waals surface area (Å²) in [5.74, 6) is -0.459. The average molecular weight is 450 g/mol. The van der Waals surface area contributed by atoms with E-state index in [0.717, 1.165) is 0 Å². The molecule has 33 heavy (non-hydrogen) atoms. The van der Waals surface area contributed by atoms with Gasteiger partial charge in [-0.1, -0.05) is 6.07 Å². The highest BCUT2D eigenvalue weighted by atomic mass is 16.5. The molecule has 1 aliphatic heterocycles. The summed E-state index contributed by atoms with van der Waals surface area (Å²) >= 11 is 0. The summed E-state index contributed by atoms with van der Waals surface area (Å²) in [6.07, 6.45) is 4.09. The van der Waals surface area contributed by atoms with Crippen LogP contribution in [0.2, 0.25) is 0 Å². The van der Waals surface area contributed by atoms with Crippen LogP contribution in [0.5, 0.6) is 0 Å². The van der Waals surface area contributed by atoms with Crippen molar-refractivity contribution < 1.29 is 14.3 Å². The van der Waals surface area contributed by atoms with E-state index in [1.165, 1.54) is 4.57 Å². The predicted molar refractivity (Wildman–Crippen MR) is 121 cm³/mol. The van der Waals surface area contributed by atoms with Crippen LogP contribution in [-0.4, -0.2) is 81.0 Å². The van der Waals surface area contributed by atoms with Crippen molar-refractivity contribution in [2.45, 2.75) is 19.4 Å². The van der Waals surface area contributed by atoms with Crippen molar-refractivity contribution in [2.75, 3.05) is 39.9 Å². The number of carbonyl (C=O) groups excluding carboxylic acids is 2. The minimum absolute atomic E-state index is 0.0313. The first kappa shape index (κ1) is 22.5. The molecule has 172 valence electrons. The van der Waals surface area contributed by atoms with Gasteiger partial charge in [0.2, 0.25) is 5.91 Å². The zero-order valence-electron chi connectivity index (χ0n) is 18.5. The molecule has 3 aromatic rings. The molecule has 1 saturated heterocycles. The standard InChI is InChI=1S/C23H26N6O4/c1-33-15-5-10-29-21-18(7-4-9-25-21)26-20(23(29)32)22(31)28-13-11-27(12-14-28)19(30)16-17-6-2-3-8-24-17/h2-4,6-9H,5,10-16H2,1H3. The summed E-state index contributed by atoms with van der Waals surface area (Å²) < 4.78 is 6.58. The van der Waals surface area contributed by atoms with Crippen LogP contribution in [0, 0.1) is 0 Å². The van der Waals surface area contributed by atoms with E-state index in [1.54, 1.807) is 47.5 Å². The average Bonchev–Trinajstić information content (AvgIpc) is 2.85. The number of aromatic nitrogens is 4. The summed E-state index contributed by atoms with van der Waals surface area (Å²) in [6.45, 7) is 2.33. The van der Waals surface area contributed by atoms with Crippen LogP contribution in [0.15, 0.2) is 47.5 Å². The number of carbonyl (C=O) groups is 2. The van der Waals surface area contributed by atoms with Crippen LogP contribution in [-0.2, 0) is 22.5 Å². The second-order valence-corrected chi connectivity index (χ2v) is 7.78. The fourth-order valence-corrected chi connectivity index (χ4v) is 3.87. The first-order chi connectivity index (χ1) is 16.1. The highest BCUT2D eigenvalue weighted by Gasteiger charge is 2.28. The third kappa shape index (κ3) is 5.06. The van der Waals surface area contributed by atoms with Crippen LogP contribution in [0.25, 0.3) is 11.2 Å². The number of hydrogen-bond acceptors (Lipinski definition) is 7. The topological polar surface area (TPSA) is 111 Å². The van der Waals surface area contributed by atoms with Crippen molar-refractivity contribution in [2.24, 2.45) is 0 Å². The number of methoxy groups -OCH3 is 1. The predicted octanol–water partition coefficient (Wildman–Crippen LogP) is 0.750. The van der Waals surface area contributed by atoms with Crippen molar-refractivity contribution in [3.05, 3.63) is 64.5 Å². The van der Waals surface area contributed by atoms with Gasteiger partial charge >= 0.3 is 0 Å². The lowest BCUT2D eigenvalue weighted by Crippen LogP contribution is -2.52. The Morgan fingerprint density at radius 1 is 1.00 bits per heavy atom. The van der Waals surface area contributed by atoms with E-state index < -0.39 is 11.5 Å². The number of fused-ring (bicyclic) bond motifs is 1. The van der Waals surface area contributed by atoms with Crippen LogP contribution < -0.4 is 5.56 Å². The minimum Gasteiger partial charge on any atom is -0.385 e. The van der Waals surface area contributed by atoms with Gasteiger partial charge in [0.25, 0.3) is 11.5 Å². The summed E-state index contributed by atoms with van der Waals surface area (Å²) in [7, 11) is 1.60. The van der Waals surface area contributed by atoms with E-state index >= 15 is 0 Å². The van der Waals surface area contributed by atoms with Gasteiger partial charge < -0.3 is 14.5 Å². The van der Waals surface area contributed by atoms with Gasteiger partial charge in [-0.15, -0.1) is 0 Å². The van der Waals surface area contributed by atoms with Gasteiger partial charge in [-0.05, 0) is 30.7 Å². The van der Waals surface area contributed by atoms with E-state index in [9.17, 15) is 14.4 Å². The normalized spacial score (nSPS) is 14.0. The maximum Gasteiger partial charge on any atom is 0.283 e. The van der Waals surface area contributed by atoms with E-state index in [0.29, 0.717) is 62.6 Å². The third-order valence-corrected chi connectivity index (χ3v) is 5.61. The largest absolute Gasteiger partial charge is 0.385 e. The molecule has 0 saturated carbocycles. The van der Waals surface area contributed by atoms with Crippen LogP contribution in [0.3, 0.4) is 0 Å². The SMILES string of the molecule is COCCCn1c(=O)c(C(=O)N2CCN(C(=O)Cc3ccccn3)CC2)nc2cccnc21. The smallest absolute Gasteiger partial charge is 0.283 e. The van der Waals surface area contributed by atoms with Gasteiger partial charge in [-0.3, -0.25) is 23.9 Å². The van der Waals surface area contributed by atoms with Gasteiger partial charge in [0.05, 0.1) is 6.42 Å². The number of nitrogens with zero attached hydrogens (tertiary/aromatic N) is 6. The first-order valence-electron chi connectivity index (χ1n) is 10.9. The Bertz CT molecular complexity index is 1190. The molecule has 0 atom stereocenters. The lowest BCUT2D eigenvalue weighted by Gasteiger charge is -2.34. The Balaban J connectivity index is 1.48. The van der Waals surface area contributed by atoms with Crippen LogP contribution in [0.1, 0.15) is 22.6 Å². The van der Waals surface area contributed by atoms with Gasteiger partial charge in [0.15, 0.2) is 11.3 Å². The maximum absolute atomic E-state index is 13.2. The Morgan fingerprint density at radius 3 is 2.48 bits per heavy atom. The molecule has 0 aromatic carbocycles. The Hall–Kier alpha value is -3.66. The van der Waals surface area contributed by atoms with Crippen molar-refractivity contribution in [1.29, 1.82) is 0 Å². The molecule has 10 nitrogen and oxygen atoms in total. The second kappa shape index (κ2) is 10.3. The van der Waals surface area contributed by atoms with Gasteiger partial charge in [0.1, 0.15) is 5.52 Å². The van der Waals surface area contributed by atoms with Crippen molar-refractivity contribution in [1.82, 2.24) is 29.3 Å². The molecular weight excluding hydrogens is 424 g/mol. The number of amides is 2. The van der Waals surface area contributed by atoms with Crippen LogP contribution >= 0.6 is 0 Å². The first-order valence-corrected chi connectivity index (χ1v) is 10.9. The lowest BCUT2D eigenvalue weighted by atomic mass is 10.2. The number of rotatable bonds is 7. The fraction of sp³-hybridized carbons (Fsp3) is 0.391. The molecule has 0 aliphatic carbocycles. The zero-order valence-corrected chi connectivity index (χ0v) is 18.5. The number of pyridine rings is 2. The van der Waals surface area contributed by atoms with Gasteiger partial charge in [-0.25, -0.2) is 9.97 Å². The summed E-state index contributed by atoms with van der Waals surface area (Å²) in [6, 6.07) is 8.93. The monoisotopic (exact) mass is 450 g/mol. The molecule has 1 fully saturated rings. The van der Waals surface area contributed by atoms with Crippen molar-refractivity contribution in [3.8, 4) is 0 Å². The molecule has 0 unspecified atom stereocenters. The van der Waals surface area contributed by atoms with Gasteiger partial charge in [0, 0.05) is 64.5 Å². The molecule has 0 bridgehead atoms. The Kier molecular flexibility index (Phi) is 7.04. The molecule has 0 spiro atoms.